The summed E-state index contributed by atoms with van der Waals surface area (Å²) in [6, 6.07) is 5.28. The van der Waals surface area contributed by atoms with Crippen molar-refractivity contribution in [3.05, 3.63) is 29.6 Å². The van der Waals surface area contributed by atoms with Crippen molar-refractivity contribution in [2.24, 2.45) is 0 Å². The maximum atomic E-state index is 13.4. The first kappa shape index (κ1) is 14.3. The number of nitrogens with zero attached hydrogens (tertiary/aromatic N) is 1. The van der Waals surface area contributed by atoms with Crippen LogP contribution in [0.1, 0.15) is 31.4 Å². The van der Waals surface area contributed by atoms with Crippen LogP contribution in [0.25, 0.3) is 0 Å². The van der Waals surface area contributed by atoms with E-state index in [1.807, 2.05) is 0 Å². The molecule has 0 bridgehead atoms. The van der Waals surface area contributed by atoms with Crippen molar-refractivity contribution >= 4 is 0 Å². The standard InChI is InChI=1S/C15H23FN2O/c1-11(17-13-6-8-18(2)9-7-13)14-10-12(16)4-5-15(14)19-3/h4-5,10-11,13,17H,6-9H2,1-3H3/t11-/m1/s1. The zero-order valence-corrected chi connectivity index (χ0v) is 11.9. The fourth-order valence-corrected chi connectivity index (χ4v) is 2.66. The third kappa shape index (κ3) is 3.67. The molecule has 1 aliphatic heterocycles. The van der Waals surface area contributed by atoms with E-state index in [1.165, 1.54) is 6.07 Å². The van der Waals surface area contributed by atoms with E-state index in [-0.39, 0.29) is 11.9 Å². The van der Waals surface area contributed by atoms with E-state index >= 15 is 0 Å². The van der Waals surface area contributed by atoms with Crippen LogP contribution in [0.5, 0.6) is 5.75 Å². The van der Waals surface area contributed by atoms with Crippen molar-refractivity contribution in [3.8, 4) is 5.75 Å². The molecule has 1 heterocycles. The molecule has 1 aliphatic rings. The van der Waals surface area contributed by atoms with Gasteiger partial charge in [-0.25, -0.2) is 4.39 Å². The fraction of sp³-hybridized carbons (Fsp3) is 0.600. The lowest BCUT2D eigenvalue weighted by Crippen LogP contribution is -2.41. The van der Waals surface area contributed by atoms with Crippen LogP contribution in [0.4, 0.5) is 4.39 Å². The summed E-state index contributed by atoms with van der Waals surface area (Å²) in [7, 11) is 3.77. The number of halogens is 1. The molecule has 0 spiro atoms. The van der Waals surface area contributed by atoms with Gasteiger partial charge in [0.15, 0.2) is 0 Å². The number of rotatable bonds is 4. The summed E-state index contributed by atoms with van der Waals surface area (Å²) >= 11 is 0. The van der Waals surface area contributed by atoms with Gasteiger partial charge in [0.2, 0.25) is 0 Å². The second-order valence-electron chi connectivity index (χ2n) is 5.35. The number of hydrogen-bond donors (Lipinski definition) is 1. The highest BCUT2D eigenvalue weighted by molar-refractivity contribution is 5.36. The Balaban J connectivity index is 2.03. The second kappa shape index (κ2) is 6.35. The monoisotopic (exact) mass is 266 g/mol. The van der Waals surface area contributed by atoms with Crippen LogP contribution in [-0.4, -0.2) is 38.2 Å². The molecule has 1 atom stereocenters. The first-order valence-corrected chi connectivity index (χ1v) is 6.88. The van der Waals surface area contributed by atoms with Crippen LogP contribution in [0.15, 0.2) is 18.2 Å². The molecule has 1 N–H and O–H groups in total. The molecule has 0 saturated carbocycles. The molecule has 1 aromatic rings. The molecule has 4 heteroatoms. The lowest BCUT2D eigenvalue weighted by molar-refractivity contribution is 0.226. The lowest BCUT2D eigenvalue weighted by Gasteiger charge is -2.32. The van der Waals surface area contributed by atoms with E-state index in [1.54, 1.807) is 19.2 Å². The highest BCUT2D eigenvalue weighted by Crippen LogP contribution is 2.27. The van der Waals surface area contributed by atoms with Crippen molar-refractivity contribution in [2.45, 2.75) is 31.8 Å². The number of methoxy groups -OCH3 is 1. The van der Waals surface area contributed by atoms with Gasteiger partial charge in [0.1, 0.15) is 11.6 Å². The first-order valence-electron chi connectivity index (χ1n) is 6.88. The maximum absolute atomic E-state index is 13.4. The summed E-state index contributed by atoms with van der Waals surface area (Å²) in [5.74, 6) is 0.530. The molecular weight excluding hydrogens is 243 g/mol. The summed E-state index contributed by atoms with van der Waals surface area (Å²) in [5.41, 5.74) is 0.890. The van der Waals surface area contributed by atoms with Gasteiger partial charge in [-0.2, -0.15) is 0 Å². The Morgan fingerprint density at radius 3 is 2.68 bits per heavy atom. The van der Waals surface area contributed by atoms with Crippen molar-refractivity contribution < 1.29 is 9.13 Å². The minimum atomic E-state index is -0.215. The lowest BCUT2D eigenvalue weighted by atomic mass is 10.0. The summed E-state index contributed by atoms with van der Waals surface area (Å²) in [4.78, 5) is 2.34. The Hall–Kier alpha value is -1.13. The van der Waals surface area contributed by atoms with Crippen molar-refractivity contribution in [1.82, 2.24) is 10.2 Å². The van der Waals surface area contributed by atoms with Crippen LogP contribution in [0.3, 0.4) is 0 Å². The van der Waals surface area contributed by atoms with E-state index in [4.69, 9.17) is 4.74 Å². The molecule has 3 nitrogen and oxygen atoms in total. The molecule has 0 aliphatic carbocycles. The molecule has 0 unspecified atom stereocenters. The van der Waals surface area contributed by atoms with Crippen molar-refractivity contribution in [3.63, 3.8) is 0 Å². The van der Waals surface area contributed by atoms with Crippen LogP contribution >= 0.6 is 0 Å². The van der Waals surface area contributed by atoms with Gasteiger partial charge in [0.05, 0.1) is 7.11 Å². The highest BCUT2D eigenvalue weighted by atomic mass is 19.1. The van der Waals surface area contributed by atoms with Gasteiger partial charge in [-0.1, -0.05) is 0 Å². The highest BCUT2D eigenvalue weighted by Gasteiger charge is 2.20. The summed E-state index contributed by atoms with van der Waals surface area (Å²) in [5, 5.41) is 3.58. The first-order chi connectivity index (χ1) is 9.10. The Morgan fingerprint density at radius 1 is 1.37 bits per heavy atom. The quantitative estimate of drug-likeness (QED) is 0.906. The Bertz CT molecular complexity index is 417. The van der Waals surface area contributed by atoms with Gasteiger partial charge in [-0.15, -0.1) is 0 Å². The molecule has 2 rings (SSSR count). The topological polar surface area (TPSA) is 24.5 Å². The Morgan fingerprint density at radius 2 is 2.05 bits per heavy atom. The number of piperidine rings is 1. The zero-order valence-electron chi connectivity index (χ0n) is 11.9. The average molecular weight is 266 g/mol. The molecule has 19 heavy (non-hydrogen) atoms. The Labute approximate surface area is 114 Å². The minimum Gasteiger partial charge on any atom is -0.496 e. The maximum Gasteiger partial charge on any atom is 0.123 e. The van der Waals surface area contributed by atoms with Crippen LogP contribution < -0.4 is 10.1 Å². The zero-order chi connectivity index (χ0) is 13.8. The molecule has 0 radical (unpaired) electrons. The predicted molar refractivity (Wildman–Crippen MR) is 75.0 cm³/mol. The van der Waals surface area contributed by atoms with Gasteiger partial charge in [-0.3, -0.25) is 0 Å². The number of ether oxygens (including phenoxy) is 1. The van der Waals surface area contributed by atoms with E-state index < -0.39 is 0 Å². The smallest absolute Gasteiger partial charge is 0.123 e. The third-order valence-electron chi connectivity index (χ3n) is 3.86. The van der Waals surface area contributed by atoms with Gasteiger partial charge in [-0.05, 0) is 58.1 Å². The van der Waals surface area contributed by atoms with E-state index in [0.29, 0.717) is 6.04 Å². The van der Waals surface area contributed by atoms with Gasteiger partial charge >= 0.3 is 0 Å². The molecule has 0 aromatic heterocycles. The van der Waals surface area contributed by atoms with Crippen LogP contribution in [0, 0.1) is 5.82 Å². The molecule has 106 valence electrons. The Kier molecular flexibility index (Phi) is 4.77. The number of nitrogens with one attached hydrogen (secondary N) is 1. The van der Waals surface area contributed by atoms with Crippen LogP contribution in [-0.2, 0) is 0 Å². The molecule has 0 amide bonds. The SMILES string of the molecule is COc1ccc(F)cc1[C@@H](C)NC1CCN(C)CC1. The van der Waals surface area contributed by atoms with Crippen molar-refractivity contribution in [2.75, 3.05) is 27.2 Å². The molecular formula is C15H23FN2O. The molecule has 1 saturated heterocycles. The summed E-state index contributed by atoms with van der Waals surface area (Å²) < 4.78 is 18.7. The predicted octanol–water partition coefficient (Wildman–Crippen LogP) is 2.58. The summed E-state index contributed by atoms with van der Waals surface area (Å²) in [6.45, 7) is 4.30. The average Bonchev–Trinajstić information content (AvgIpc) is 2.41. The number of likely N-dealkylation sites (tertiary alicyclic amines) is 1. The van der Waals surface area contributed by atoms with E-state index in [2.05, 4.69) is 24.2 Å². The van der Waals surface area contributed by atoms with E-state index in [0.717, 1.165) is 37.2 Å². The minimum absolute atomic E-state index is 0.0963. The summed E-state index contributed by atoms with van der Waals surface area (Å²) in [6.07, 6.45) is 2.27. The number of benzene rings is 1. The number of hydrogen-bond acceptors (Lipinski definition) is 3. The van der Waals surface area contributed by atoms with Gasteiger partial charge in [0, 0.05) is 17.6 Å². The van der Waals surface area contributed by atoms with Crippen LogP contribution in [0.2, 0.25) is 0 Å². The van der Waals surface area contributed by atoms with E-state index in [9.17, 15) is 4.39 Å². The molecule has 1 fully saturated rings. The fourth-order valence-electron chi connectivity index (χ4n) is 2.66. The largest absolute Gasteiger partial charge is 0.496 e. The second-order valence-corrected chi connectivity index (χ2v) is 5.35. The van der Waals surface area contributed by atoms with Gasteiger partial charge < -0.3 is 15.0 Å². The van der Waals surface area contributed by atoms with Gasteiger partial charge in [0.25, 0.3) is 0 Å². The van der Waals surface area contributed by atoms with Crippen molar-refractivity contribution in [1.29, 1.82) is 0 Å². The molecule has 1 aromatic carbocycles. The third-order valence-corrected chi connectivity index (χ3v) is 3.86. The normalized spacial score (nSPS) is 19.4.